The van der Waals surface area contributed by atoms with Crippen molar-refractivity contribution in [3.8, 4) is 5.75 Å². The number of carboxylic acid groups (broad SMARTS) is 1. The molecule has 1 aromatic rings. The van der Waals surface area contributed by atoms with Gasteiger partial charge in [0.2, 0.25) is 5.91 Å². The lowest BCUT2D eigenvalue weighted by Gasteiger charge is -2.15. The van der Waals surface area contributed by atoms with Crippen LogP contribution in [0, 0.1) is 0 Å². The fourth-order valence-electron chi connectivity index (χ4n) is 1.62. The van der Waals surface area contributed by atoms with Gasteiger partial charge in [0.1, 0.15) is 11.8 Å². The number of benzene rings is 1. The van der Waals surface area contributed by atoms with Crippen molar-refractivity contribution < 1.29 is 19.4 Å². The highest BCUT2D eigenvalue weighted by Gasteiger charge is 2.19. The molecular formula is C13H18N2O4. The molecule has 0 fully saturated rings. The smallest absolute Gasteiger partial charge is 0.325 e. The summed E-state index contributed by atoms with van der Waals surface area (Å²) < 4.78 is 5.06. The third-order valence-electron chi connectivity index (χ3n) is 2.52. The van der Waals surface area contributed by atoms with E-state index in [1.54, 1.807) is 24.3 Å². The molecule has 3 N–H and O–H groups in total. The van der Waals surface area contributed by atoms with Gasteiger partial charge in [-0.2, -0.15) is 0 Å². The number of ether oxygens (including phenoxy) is 1. The lowest BCUT2D eigenvalue weighted by atomic mass is 10.1. The molecule has 6 heteroatoms. The Balaban J connectivity index is 2.66. The highest BCUT2D eigenvalue weighted by molar-refractivity contribution is 5.75. The van der Waals surface area contributed by atoms with Gasteiger partial charge in [0, 0.05) is 20.0 Å². The average molecular weight is 266 g/mol. The molecule has 19 heavy (non-hydrogen) atoms. The van der Waals surface area contributed by atoms with Crippen molar-refractivity contribution in [2.45, 2.75) is 13.0 Å². The molecule has 0 bridgehead atoms. The summed E-state index contributed by atoms with van der Waals surface area (Å²) in [7, 11) is 1.53. The molecule has 0 spiro atoms. The molecule has 0 saturated carbocycles. The molecular weight excluding hydrogens is 248 g/mol. The minimum Gasteiger partial charge on any atom is -0.497 e. The van der Waals surface area contributed by atoms with Gasteiger partial charge in [-0.1, -0.05) is 12.1 Å². The number of carbonyl (C=O) groups is 2. The summed E-state index contributed by atoms with van der Waals surface area (Å²) in [5.41, 5.74) is 0.606. The van der Waals surface area contributed by atoms with E-state index in [9.17, 15) is 14.7 Å². The number of rotatable bonds is 7. The SMILES string of the molecule is COc1cccc(C(NCCNC(C)=O)C(=O)O)c1. The fourth-order valence-corrected chi connectivity index (χ4v) is 1.62. The third-order valence-corrected chi connectivity index (χ3v) is 2.52. The van der Waals surface area contributed by atoms with Crippen molar-refractivity contribution >= 4 is 11.9 Å². The standard InChI is InChI=1S/C13H18N2O4/c1-9(16)14-6-7-15-12(13(17)18)10-4-3-5-11(8-10)19-2/h3-5,8,12,15H,6-7H2,1-2H3,(H,14,16)(H,17,18). The second-order valence-electron chi connectivity index (χ2n) is 3.98. The molecule has 1 aromatic carbocycles. The molecule has 104 valence electrons. The van der Waals surface area contributed by atoms with Crippen LogP contribution in [0.25, 0.3) is 0 Å². The maximum Gasteiger partial charge on any atom is 0.325 e. The van der Waals surface area contributed by atoms with Crippen LogP contribution in [0.1, 0.15) is 18.5 Å². The van der Waals surface area contributed by atoms with Gasteiger partial charge >= 0.3 is 5.97 Å². The molecule has 1 amide bonds. The molecule has 0 aliphatic heterocycles. The number of hydrogen-bond donors (Lipinski definition) is 3. The maximum absolute atomic E-state index is 11.2. The number of amides is 1. The fraction of sp³-hybridized carbons (Fsp3) is 0.385. The Bertz CT molecular complexity index is 448. The molecule has 0 heterocycles. The van der Waals surface area contributed by atoms with Crippen molar-refractivity contribution in [1.29, 1.82) is 0 Å². The largest absolute Gasteiger partial charge is 0.497 e. The number of carboxylic acids is 1. The number of aliphatic carboxylic acids is 1. The maximum atomic E-state index is 11.2. The minimum atomic E-state index is -0.976. The van der Waals surface area contributed by atoms with E-state index in [4.69, 9.17) is 4.74 Å². The molecule has 1 rings (SSSR count). The molecule has 1 unspecified atom stereocenters. The first-order chi connectivity index (χ1) is 9.04. The monoisotopic (exact) mass is 266 g/mol. The van der Waals surface area contributed by atoms with Crippen LogP contribution in [-0.4, -0.2) is 37.2 Å². The van der Waals surface area contributed by atoms with Crippen LogP contribution in [0.2, 0.25) is 0 Å². The minimum absolute atomic E-state index is 0.143. The molecule has 6 nitrogen and oxygen atoms in total. The van der Waals surface area contributed by atoms with Gasteiger partial charge in [0.15, 0.2) is 0 Å². The zero-order chi connectivity index (χ0) is 14.3. The van der Waals surface area contributed by atoms with E-state index in [-0.39, 0.29) is 5.91 Å². The zero-order valence-corrected chi connectivity index (χ0v) is 11.0. The van der Waals surface area contributed by atoms with E-state index in [2.05, 4.69) is 10.6 Å². The summed E-state index contributed by atoms with van der Waals surface area (Å²) in [6.07, 6.45) is 0. The van der Waals surface area contributed by atoms with Crippen LogP contribution >= 0.6 is 0 Å². The molecule has 0 aliphatic carbocycles. The van der Waals surface area contributed by atoms with E-state index in [0.29, 0.717) is 24.4 Å². The molecule has 1 atom stereocenters. The van der Waals surface area contributed by atoms with Crippen LogP contribution < -0.4 is 15.4 Å². The number of methoxy groups -OCH3 is 1. The summed E-state index contributed by atoms with van der Waals surface area (Å²) >= 11 is 0. The Morgan fingerprint density at radius 3 is 2.68 bits per heavy atom. The topological polar surface area (TPSA) is 87.7 Å². The van der Waals surface area contributed by atoms with Crippen molar-refractivity contribution in [1.82, 2.24) is 10.6 Å². The summed E-state index contributed by atoms with van der Waals surface area (Å²) in [5, 5.41) is 14.7. The highest BCUT2D eigenvalue weighted by atomic mass is 16.5. The average Bonchev–Trinajstić information content (AvgIpc) is 2.38. The van der Waals surface area contributed by atoms with E-state index in [1.807, 2.05) is 0 Å². The van der Waals surface area contributed by atoms with Crippen LogP contribution in [-0.2, 0) is 9.59 Å². The zero-order valence-electron chi connectivity index (χ0n) is 11.0. The Kier molecular flexibility index (Phi) is 5.81. The van der Waals surface area contributed by atoms with Crippen LogP contribution in [0.4, 0.5) is 0 Å². The van der Waals surface area contributed by atoms with Crippen molar-refractivity contribution in [3.05, 3.63) is 29.8 Å². The lowest BCUT2D eigenvalue weighted by Crippen LogP contribution is -2.35. The third kappa shape index (κ3) is 4.97. The van der Waals surface area contributed by atoms with Gasteiger partial charge in [-0.25, -0.2) is 0 Å². The molecule has 0 radical (unpaired) electrons. The van der Waals surface area contributed by atoms with Crippen molar-refractivity contribution in [2.75, 3.05) is 20.2 Å². The van der Waals surface area contributed by atoms with Gasteiger partial charge in [-0.15, -0.1) is 0 Å². The van der Waals surface area contributed by atoms with Gasteiger partial charge < -0.3 is 15.2 Å². The summed E-state index contributed by atoms with van der Waals surface area (Å²) in [5.74, 6) is -0.515. The van der Waals surface area contributed by atoms with Gasteiger partial charge in [-0.3, -0.25) is 14.9 Å². The van der Waals surface area contributed by atoms with Crippen molar-refractivity contribution in [2.24, 2.45) is 0 Å². The second-order valence-corrected chi connectivity index (χ2v) is 3.98. The van der Waals surface area contributed by atoms with Crippen LogP contribution in [0.5, 0.6) is 5.75 Å². The van der Waals surface area contributed by atoms with Crippen LogP contribution in [0.15, 0.2) is 24.3 Å². The highest BCUT2D eigenvalue weighted by Crippen LogP contribution is 2.19. The van der Waals surface area contributed by atoms with E-state index in [1.165, 1.54) is 14.0 Å². The molecule has 0 saturated heterocycles. The summed E-state index contributed by atoms with van der Waals surface area (Å²) in [6, 6.07) is 6.04. The van der Waals surface area contributed by atoms with Crippen LogP contribution in [0.3, 0.4) is 0 Å². The predicted molar refractivity (Wildman–Crippen MR) is 70.1 cm³/mol. The first-order valence-corrected chi connectivity index (χ1v) is 5.89. The van der Waals surface area contributed by atoms with Crippen molar-refractivity contribution in [3.63, 3.8) is 0 Å². The van der Waals surface area contributed by atoms with Gasteiger partial charge in [0.25, 0.3) is 0 Å². The summed E-state index contributed by atoms with van der Waals surface area (Å²) in [6.45, 7) is 2.16. The van der Waals surface area contributed by atoms with Gasteiger partial charge in [0.05, 0.1) is 7.11 Å². The number of hydrogen-bond acceptors (Lipinski definition) is 4. The Morgan fingerprint density at radius 2 is 2.11 bits per heavy atom. The van der Waals surface area contributed by atoms with E-state index < -0.39 is 12.0 Å². The molecule has 0 aliphatic rings. The second kappa shape index (κ2) is 7.38. The predicted octanol–water partition coefficient (Wildman–Crippen LogP) is 0.547. The normalized spacial score (nSPS) is 11.7. The quantitative estimate of drug-likeness (QED) is 0.627. The van der Waals surface area contributed by atoms with Gasteiger partial charge in [-0.05, 0) is 17.7 Å². The lowest BCUT2D eigenvalue weighted by molar-refractivity contribution is -0.139. The van der Waals surface area contributed by atoms with E-state index >= 15 is 0 Å². The number of carbonyl (C=O) groups excluding carboxylic acids is 1. The number of nitrogens with one attached hydrogen (secondary N) is 2. The molecule has 0 aromatic heterocycles. The Labute approximate surface area is 111 Å². The van der Waals surface area contributed by atoms with E-state index in [0.717, 1.165) is 0 Å². The first-order valence-electron chi connectivity index (χ1n) is 5.89. The Morgan fingerprint density at radius 1 is 1.37 bits per heavy atom. The summed E-state index contributed by atoms with van der Waals surface area (Å²) in [4.78, 5) is 21.9. The Hall–Kier alpha value is -2.08. The first kappa shape index (κ1) is 15.0.